The molecule has 0 amide bonds. The summed E-state index contributed by atoms with van der Waals surface area (Å²) in [5, 5.41) is 13.2. The van der Waals surface area contributed by atoms with Crippen LogP contribution in [0, 0.1) is 5.92 Å². The van der Waals surface area contributed by atoms with Crippen LogP contribution >= 0.6 is 0 Å². The third-order valence-corrected chi connectivity index (χ3v) is 2.59. The molecule has 0 saturated heterocycles. The molecule has 2 heteroatoms. The molecule has 0 aromatic heterocycles. The first-order chi connectivity index (χ1) is 5.89. The van der Waals surface area contributed by atoms with E-state index in [0.717, 1.165) is 12.8 Å². The summed E-state index contributed by atoms with van der Waals surface area (Å²) in [5.74, 6) is 0.623. The second-order valence-corrected chi connectivity index (χ2v) is 4.66. The van der Waals surface area contributed by atoms with E-state index < -0.39 is 5.60 Å². The van der Waals surface area contributed by atoms with E-state index >= 15 is 0 Å². The predicted molar refractivity (Wildman–Crippen MR) is 57.8 cm³/mol. The zero-order chi connectivity index (χ0) is 10.5. The summed E-state index contributed by atoms with van der Waals surface area (Å²) in [6.07, 6.45) is 1.90. The van der Waals surface area contributed by atoms with Crippen LogP contribution in [-0.4, -0.2) is 23.3 Å². The van der Waals surface area contributed by atoms with Crippen molar-refractivity contribution in [3.8, 4) is 0 Å². The molecule has 0 aliphatic heterocycles. The van der Waals surface area contributed by atoms with E-state index in [0.29, 0.717) is 18.5 Å². The molecule has 0 aromatic rings. The summed E-state index contributed by atoms with van der Waals surface area (Å²) in [7, 11) is 0. The third-order valence-electron chi connectivity index (χ3n) is 2.59. The lowest BCUT2D eigenvalue weighted by Crippen LogP contribution is -2.43. The first kappa shape index (κ1) is 12.9. The molecule has 2 N–H and O–H groups in total. The molecule has 2 nitrogen and oxygen atoms in total. The van der Waals surface area contributed by atoms with Gasteiger partial charge in [-0.15, -0.1) is 0 Å². The SMILES string of the molecule is CCCC(C)(O)CNC(C)C(C)C. The monoisotopic (exact) mass is 187 g/mol. The Bertz CT molecular complexity index is 132. The Balaban J connectivity index is 3.73. The molecule has 13 heavy (non-hydrogen) atoms. The summed E-state index contributed by atoms with van der Waals surface area (Å²) in [6, 6.07) is 0.475. The van der Waals surface area contributed by atoms with Gasteiger partial charge in [-0.25, -0.2) is 0 Å². The molecule has 0 aliphatic rings. The van der Waals surface area contributed by atoms with Crippen molar-refractivity contribution in [3.05, 3.63) is 0 Å². The van der Waals surface area contributed by atoms with Gasteiger partial charge in [-0.2, -0.15) is 0 Å². The van der Waals surface area contributed by atoms with E-state index in [-0.39, 0.29) is 0 Å². The molecule has 80 valence electrons. The van der Waals surface area contributed by atoms with Crippen molar-refractivity contribution in [1.29, 1.82) is 0 Å². The summed E-state index contributed by atoms with van der Waals surface area (Å²) >= 11 is 0. The van der Waals surface area contributed by atoms with E-state index in [4.69, 9.17) is 0 Å². The van der Waals surface area contributed by atoms with Crippen LogP contribution in [0.5, 0.6) is 0 Å². The highest BCUT2D eigenvalue weighted by Gasteiger charge is 2.19. The van der Waals surface area contributed by atoms with Crippen LogP contribution in [0.3, 0.4) is 0 Å². The number of nitrogens with one attached hydrogen (secondary N) is 1. The smallest absolute Gasteiger partial charge is 0.0743 e. The standard InChI is InChI=1S/C11H25NO/c1-6-7-11(5,13)8-12-10(4)9(2)3/h9-10,12-13H,6-8H2,1-5H3. The van der Waals surface area contributed by atoms with Gasteiger partial charge in [0.15, 0.2) is 0 Å². The number of rotatable bonds is 6. The van der Waals surface area contributed by atoms with Gasteiger partial charge >= 0.3 is 0 Å². The second kappa shape index (κ2) is 5.61. The molecule has 0 fully saturated rings. The minimum atomic E-state index is -0.544. The minimum Gasteiger partial charge on any atom is -0.389 e. The molecule has 0 rings (SSSR count). The van der Waals surface area contributed by atoms with Gasteiger partial charge in [0.25, 0.3) is 0 Å². The van der Waals surface area contributed by atoms with Crippen LogP contribution in [0.25, 0.3) is 0 Å². The van der Waals surface area contributed by atoms with E-state index in [2.05, 4.69) is 33.0 Å². The third kappa shape index (κ3) is 6.05. The van der Waals surface area contributed by atoms with E-state index in [9.17, 15) is 5.11 Å². The van der Waals surface area contributed by atoms with Crippen molar-refractivity contribution in [1.82, 2.24) is 5.32 Å². The maximum Gasteiger partial charge on any atom is 0.0743 e. The summed E-state index contributed by atoms with van der Waals surface area (Å²) in [4.78, 5) is 0. The number of hydrogen-bond acceptors (Lipinski definition) is 2. The lowest BCUT2D eigenvalue weighted by molar-refractivity contribution is 0.0462. The number of hydrogen-bond donors (Lipinski definition) is 2. The lowest BCUT2D eigenvalue weighted by atomic mass is 9.99. The molecular formula is C11H25NO. The Kier molecular flexibility index (Phi) is 5.57. The van der Waals surface area contributed by atoms with Crippen LogP contribution in [0.4, 0.5) is 0 Å². The highest BCUT2D eigenvalue weighted by molar-refractivity contribution is 4.77. The average Bonchev–Trinajstić information content (AvgIpc) is 2.00. The molecule has 0 radical (unpaired) electrons. The summed E-state index contributed by atoms with van der Waals surface area (Å²) < 4.78 is 0. The normalized spacial score (nSPS) is 18.7. The zero-order valence-corrected chi connectivity index (χ0v) is 9.72. The molecule has 0 bridgehead atoms. The second-order valence-electron chi connectivity index (χ2n) is 4.66. The van der Waals surface area contributed by atoms with Crippen LogP contribution in [-0.2, 0) is 0 Å². The molecule has 2 atom stereocenters. The Morgan fingerprint density at radius 2 is 1.85 bits per heavy atom. The predicted octanol–water partition coefficient (Wildman–Crippen LogP) is 2.17. The fraction of sp³-hybridized carbons (Fsp3) is 1.00. The van der Waals surface area contributed by atoms with E-state index in [1.165, 1.54) is 0 Å². The van der Waals surface area contributed by atoms with Gasteiger partial charge in [0.05, 0.1) is 5.60 Å². The van der Waals surface area contributed by atoms with Crippen LogP contribution in [0.1, 0.15) is 47.5 Å². The van der Waals surface area contributed by atoms with Gasteiger partial charge < -0.3 is 10.4 Å². The maximum absolute atomic E-state index is 9.88. The molecule has 0 aromatic carbocycles. The Morgan fingerprint density at radius 3 is 2.23 bits per heavy atom. The first-order valence-corrected chi connectivity index (χ1v) is 5.35. The molecule has 0 aliphatic carbocycles. The quantitative estimate of drug-likeness (QED) is 0.668. The lowest BCUT2D eigenvalue weighted by Gasteiger charge is -2.27. The van der Waals surface area contributed by atoms with Crippen LogP contribution < -0.4 is 5.32 Å². The fourth-order valence-corrected chi connectivity index (χ4v) is 1.24. The highest BCUT2D eigenvalue weighted by atomic mass is 16.3. The van der Waals surface area contributed by atoms with E-state index in [1.54, 1.807) is 0 Å². The van der Waals surface area contributed by atoms with Crippen molar-refractivity contribution in [2.45, 2.75) is 59.1 Å². The van der Waals surface area contributed by atoms with Gasteiger partial charge in [-0.3, -0.25) is 0 Å². The van der Waals surface area contributed by atoms with Crippen LogP contribution in [0.15, 0.2) is 0 Å². The van der Waals surface area contributed by atoms with E-state index in [1.807, 2.05) is 6.92 Å². The fourth-order valence-electron chi connectivity index (χ4n) is 1.24. The Morgan fingerprint density at radius 1 is 1.31 bits per heavy atom. The van der Waals surface area contributed by atoms with Crippen molar-refractivity contribution in [2.24, 2.45) is 5.92 Å². The highest BCUT2D eigenvalue weighted by Crippen LogP contribution is 2.11. The first-order valence-electron chi connectivity index (χ1n) is 5.35. The molecule has 2 unspecified atom stereocenters. The Labute approximate surface area is 82.7 Å². The molecule has 0 spiro atoms. The van der Waals surface area contributed by atoms with Crippen molar-refractivity contribution in [2.75, 3.05) is 6.54 Å². The molecular weight excluding hydrogens is 162 g/mol. The minimum absolute atomic E-state index is 0.475. The van der Waals surface area contributed by atoms with Crippen LogP contribution in [0.2, 0.25) is 0 Å². The van der Waals surface area contributed by atoms with Crippen molar-refractivity contribution < 1.29 is 5.11 Å². The summed E-state index contributed by atoms with van der Waals surface area (Å²) in [6.45, 7) is 11.2. The van der Waals surface area contributed by atoms with Gasteiger partial charge in [-0.1, -0.05) is 27.2 Å². The zero-order valence-electron chi connectivity index (χ0n) is 9.72. The average molecular weight is 187 g/mol. The van der Waals surface area contributed by atoms with Gasteiger partial charge in [-0.05, 0) is 26.2 Å². The maximum atomic E-state index is 9.88. The van der Waals surface area contributed by atoms with Crippen molar-refractivity contribution in [3.63, 3.8) is 0 Å². The largest absolute Gasteiger partial charge is 0.389 e. The topological polar surface area (TPSA) is 32.3 Å². The Hall–Kier alpha value is -0.0800. The molecule has 0 saturated carbocycles. The molecule has 0 heterocycles. The van der Waals surface area contributed by atoms with Gasteiger partial charge in [0, 0.05) is 12.6 Å². The summed E-state index contributed by atoms with van der Waals surface area (Å²) in [5.41, 5.74) is -0.544. The number of aliphatic hydroxyl groups is 1. The van der Waals surface area contributed by atoms with Gasteiger partial charge in [0.2, 0.25) is 0 Å². The van der Waals surface area contributed by atoms with Gasteiger partial charge in [0.1, 0.15) is 0 Å². The van der Waals surface area contributed by atoms with Crippen molar-refractivity contribution >= 4 is 0 Å².